The highest BCUT2D eigenvalue weighted by atomic mass is 19.2. The summed E-state index contributed by atoms with van der Waals surface area (Å²) in [6, 6.07) is 15.1. The summed E-state index contributed by atoms with van der Waals surface area (Å²) in [4.78, 5) is 23.4. The number of amides is 1. The molecule has 1 amide bonds. The number of carboxylic acid groups (broad SMARTS) is 1. The maximum Gasteiger partial charge on any atom is 0.339 e. The van der Waals surface area contributed by atoms with Gasteiger partial charge in [0, 0.05) is 17.1 Å². The van der Waals surface area contributed by atoms with E-state index in [1.165, 1.54) is 12.1 Å². The van der Waals surface area contributed by atoms with Gasteiger partial charge in [-0.15, -0.1) is 0 Å². The quantitative estimate of drug-likeness (QED) is 0.320. The van der Waals surface area contributed by atoms with Gasteiger partial charge < -0.3 is 15.7 Å². The normalized spacial score (nSPS) is 10.5. The van der Waals surface area contributed by atoms with Crippen LogP contribution in [0.25, 0.3) is 0 Å². The SMILES string of the molecule is O=C(O)c1c(F)c(F)c(F)c(F)c1C(=O)Nc1ccc(Nc2ccccc2)cc1. The molecule has 3 rings (SSSR count). The van der Waals surface area contributed by atoms with E-state index in [9.17, 15) is 27.2 Å². The van der Waals surface area contributed by atoms with Crippen LogP contribution in [0.5, 0.6) is 0 Å². The van der Waals surface area contributed by atoms with Crippen molar-refractivity contribution in [3.8, 4) is 0 Å². The zero-order valence-corrected chi connectivity index (χ0v) is 14.5. The summed E-state index contributed by atoms with van der Waals surface area (Å²) in [5, 5.41) is 14.2. The van der Waals surface area contributed by atoms with Gasteiger partial charge in [0.05, 0.1) is 5.56 Å². The fourth-order valence-electron chi connectivity index (χ4n) is 2.56. The maximum atomic E-state index is 14.0. The number of nitrogens with one attached hydrogen (secondary N) is 2. The predicted molar refractivity (Wildman–Crippen MR) is 97.4 cm³/mol. The smallest absolute Gasteiger partial charge is 0.339 e. The van der Waals surface area contributed by atoms with Crippen LogP contribution < -0.4 is 10.6 Å². The van der Waals surface area contributed by atoms with Crippen LogP contribution in [-0.2, 0) is 0 Å². The molecule has 3 N–H and O–H groups in total. The molecule has 0 saturated carbocycles. The number of aromatic carboxylic acids is 1. The van der Waals surface area contributed by atoms with Crippen LogP contribution in [0.1, 0.15) is 20.7 Å². The van der Waals surface area contributed by atoms with Crippen molar-refractivity contribution in [3.63, 3.8) is 0 Å². The number of anilines is 3. The molecule has 0 aliphatic heterocycles. The highest BCUT2D eigenvalue weighted by molar-refractivity contribution is 6.11. The van der Waals surface area contributed by atoms with Crippen molar-refractivity contribution in [1.29, 1.82) is 0 Å². The molecule has 0 aliphatic carbocycles. The lowest BCUT2D eigenvalue weighted by Gasteiger charge is -2.12. The Morgan fingerprint density at radius 1 is 0.655 bits per heavy atom. The Morgan fingerprint density at radius 3 is 1.69 bits per heavy atom. The summed E-state index contributed by atoms with van der Waals surface area (Å²) in [5.41, 5.74) is -1.50. The monoisotopic (exact) mass is 404 g/mol. The number of benzene rings is 3. The number of hydrogen-bond donors (Lipinski definition) is 3. The second-order valence-corrected chi connectivity index (χ2v) is 5.83. The van der Waals surface area contributed by atoms with Gasteiger partial charge in [-0.25, -0.2) is 22.4 Å². The van der Waals surface area contributed by atoms with Crippen LogP contribution in [0.15, 0.2) is 54.6 Å². The highest BCUT2D eigenvalue weighted by Crippen LogP contribution is 2.26. The Labute approximate surface area is 161 Å². The van der Waals surface area contributed by atoms with Gasteiger partial charge in [-0.2, -0.15) is 0 Å². The van der Waals surface area contributed by atoms with Crippen molar-refractivity contribution in [3.05, 3.63) is 89.0 Å². The minimum atomic E-state index is -2.31. The molecule has 0 bridgehead atoms. The fourth-order valence-corrected chi connectivity index (χ4v) is 2.56. The van der Waals surface area contributed by atoms with Gasteiger partial charge in [0.1, 0.15) is 5.56 Å². The molecule has 0 radical (unpaired) electrons. The molecule has 0 atom stereocenters. The van der Waals surface area contributed by atoms with E-state index in [0.717, 1.165) is 5.69 Å². The molecule has 3 aromatic carbocycles. The fraction of sp³-hybridized carbons (Fsp3) is 0. The van der Waals surface area contributed by atoms with Gasteiger partial charge >= 0.3 is 5.97 Å². The van der Waals surface area contributed by atoms with Crippen molar-refractivity contribution in [2.24, 2.45) is 0 Å². The van der Waals surface area contributed by atoms with Crippen LogP contribution >= 0.6 is 0 Å². The summed E-state index contributed by atoms with van der Waals surface area (Å²) >= 11 is 0. The Hall–Kier alpha value is -3.88. The number of carbonyl (C=O) groups excluding carboxylic acids is 1. The summed E-state index contributed by atoms with van der Waals surface area (Å²) in [6.45, 7) is 0. The summed E-state index contributed by atoms with van der Waals surface area (Å²) in [7, 11) is 0. The van der Waals surface area contributed by atoms with Crippen LogP contribution in [0.2, 0.25) is 0 Å². The van der Waals surface area contributed by atoms with Crippen LogP contribution in [0, 0.1) is 23.3 Å². The van der Waals surface area contributed by atoms with Crippen molar-refractivity contribution < 1.29 is 32.3 Å². The topological polar surface area (TPSA) is 78.4 Å². The minimum absolute atomic E-state index is 0.0921. The molecule has 5 nitrogen and oxygen atoms in total. The molecular weight excluding hydrogens is 392 g/mol. The molecule has 3 aromatic rings. The van der Waals surface area contributed by atoms with Gasteiger partial charge in [-0.05, 0) is 36.4 Å². The van der Waals surface area contributed by atoms with Gasteiger partial charge in [-0.3, -0.25) is 4.79 Å². The zero-order chi connectivity index (χ0) is 21.1. The van der Waals surface area contributed by atoms with E-state index in [4.69, 9.17) is 5.11 Å². The van der Waals surface area contributed by atoms with E-state index in [2.05, 4.69) is 10.6 Å². The highest BCUT2D eigenvalue weighted by Gasteiger charge is 2.32. The molecule has 0 fully saturated rings. The molecule has 0 saturated heterocycles. The lowest BCUT2D eigenvalue weighted by Crippen LogP contribution is -2.22. The largest absolute Gasteiger partial charge is 0.478 e. The second kappa shape index (κ2) is 8.01. The Balaban J connectivity index is 1.86. The first-order valence-corrected chi connectivity index (χ1v) is 8.12. The van der Waals surface area contributed by atoms with E-state index in [1.54, 1.807) is 12.1 Å². The third-order valence-corrected chi connectivity index (χ3v) is 3.91. The Kier molecular flexibility index (Phi) is 5.49. The summed E-state index contributed by atoms with van der Waals surface area (Å²) in [5.74, 6) is -12.4. The average molecular weight is 404 g/mol. The number of hydrogen-bond acceptors (Lipinski definition) is 3. The number of carbonyl (C=O) groups is 2. The van der Waals surface area contributed by atoms with E-state index in [-0.39, 0.29) is 5.69 Å². The second-order valence-electron chi connectivity index (χ2n) is 5.83. The van der Waals surface area contributed by atoms with Gasteiger partial charge in [0.25, 0.3) is 5.91 Å². The number of rotatable bonds is 5. The lowest BCUT2D eigenvalue weighted by molar-refractivity contribution is 0.0684. The molecular formula is C20H12F4N2O3. The Bertz CT molecular complexity index is 1090. The van der Waals surface area contributed by atoms with Crippen LogP contribution in [-0.4, -0.2) is 17.0 Å². The molecule has 0 aliphatic rings. The number of halogens is 4. The van der Waals surface area contributed by atoms with Gasteiger partial charge in [0.15, 0.2) is 23.3 Å². The molecule has 0 spiro atoms. The van der Waals surface area contributed by atoms with Crippen molar-refractivity contribution in [2.75, 3.05) is 10.6 Å². The first-order valence-electron chi connectivity index (χ1n) is 8.12. The molecule has 29 heavy (non-hydrogen) atoms. The average Bonchev–Trinajstić information content (AvgIpc) is 2.70. The minimum Gasteiger partial charge on any atom is -0.478 e. The van der Waals surface area contributed by atoms with E-state index < -0.39 is 46.3 Å². The van der Waals surface area contributed by atoms with Gasteiger partial charge in [-0.1, -0.05) is 18.2 Å². The maximum absolute atomic E-state index is 14.0. The van der Waals surface area contributed by atoms with Crippen LogP contribution in [0.4, 0.5) is 34.6 Å². The van der Waals surface area contributed by atoms with Crippen molar-refractivity contribution in [1.82, 2.24) is 0 Å². The van der Waals surface area contributed by atoms with Gasteiger partial charge in [0.2, 0.25) is 0 Å². The summed E-state index contributed by atoms with van der Waals surface area (Å²) in [6.07, 6.45) is 0. The van der Waals surface area contributed by atoms with Crippen LogP contribution in [0.3, 0.4) is 0 Å². The van der Waals surface area contributed by atoms with E-state index >= 15 is 0 Å². The molecule has 0 aromatic heterocycles. The third kappa shape index (κ3) is 4.03. The molecule has 0 unspecified atom stereocenters. The van der Waals surface area contributed by atoms with Crippen molar-refractivity contribution >= 4 is 28.9 Å². The first-order chi connectivity index (χ1) is 13.8. The number of carboxylic acids is 1. The van der Waals surface area contributed by atoms with E-state index in [0.29, 0.717) is 5.69 Å². The number of para-hydroxylation sites is 1. The Morgan fingerprint density at radius 2 is 1.14 bits per heavy atom. The molecule has 9 heteroatoms. The van der Waals surface area contributed by atoms with Crippen molar-refractivity contribution in [2.45, 2.75) is 0 Å². The molecule has 0 heterocycles. The lowest BCUT2D eigenvalue weighted by atomic mass is 10.0. The standard InChI is InChI=1S/C20H12F4N2O3/c21-15-13(14(20(28)29)16(22)18(24)17(15)23)19(27)26-12-8-6-11(7-9-12)25-10-4-2-1-3-5-10/h1-9,25H,(H,26,27)(H,28,29). The predicted octanol–water partition coefficient (Wildman–Crippen LogP) is 4.94. The van der Waals surface area contributed by atoms with E-state index in [1.807, 2.05) is 30.3 Å². The summed E-state index contributed by atoms with van der Waals surface area (Å²) < 4.78 is 54.6. The third-order valence-electron chi connectivity index (χ3n) is 3.91. The molecule has 148 valence electrons. The first kappa shape index (κ1) is 19.9. The zero-order valence-electron chi connectivity index (χ0n) is 14.5.